The van der Waals surface area contributed by atoms with E-state index < -0.39 is 0 Å². The molecule has 2 aromatic carbocycles. The van der Waals surface area contributed by atoms with Gasteiger partial charge in [-0.2, -0.15) is 0 Å². The highest BCUT2D eigenvalue weighted by molar-refractivity contribution is 6.05. The number of nitrogens with zero attached hydrogens (tertiary/aromatic N) is 1. The Bertz CT molecular complexity index is 1120. The molecule has 3 N–H and O–H groups in total. The lowest BCUT2D eigenvalue weighted by Crippen LogP contribution is -2.47. The molecule has 33 heavy (non-hydrogen) atoms. The second-order valence-corrected chi connectivity index (χ2v) is 8.03. The molecule has 0 atom stereocenters. The molecule has 8 nitrogen and oxygen atoms in total. The molecule has 4 rings (SSSR count). The number of benzene rings is 2. The highest BCUT2D eigenvalue weighted by Gasteiger charge is 2.25. The zero-order valence-electron chi connectivity index (χ0n) is 18.3. The van der Waals surface area contributed by atoms with Gasteiger partial charge in [-0.15, -0.1) is 0 Å². The van der Waals surface area contributed by atoms with Crippen molar-refractivity contribution in [2.45, 2.75) is 25.8 Å². The summed E-state index contributed by atoms with van der Waals surface area (Å²) in [6, 6.07) is 15.7. The van der Waals surface area contributed by atoms with Crippen LogP contribution in [-0.2, 0) is 0 Å². The van der Waals surface area contributed by atoms with Gasteiger partial charge >= 0.3 is 6.03 Å². The summed E-state index contributed by atoms with van der Waals surface area (Å²) in [5.41, 5.74) is 3.10. The lowest BCUT2D eigenvalue weighted by atomic mass is 10.0. The lowest BCUT2D eigenvalue weighted by molar-refractivity contribution is 0.0708. The van der Waals surface area contributed by atoms with Crippen LogP contribution in [0.3, 0.4) is 0 Å². The van der Waals surface area contributed by atoms with Crippen molar-refractivity contribution in [3.05, 3.63) is 83.8 Å². The number of carbonyl (C=O) groups excluding carboxylic acids is 3. The van der Waals surface area contributed by atoms with Crippen molar-refractivity contribution in [2.75, 3.05) is 23.7 Å². The van der Waals surface area contributed by atoms with E-state index in [-0.39, 0.29) is 23.9 Å². The van der Waals surface area contributed by atoms with E-state index in [2.05, 4.69) is 16.0 Å². The topological polar surface area (TPSA) is 104 Å². The van der Waals surface area contributed by atoms with E-state index in [4.69, 9.17) is 4.42 Å². The van der Waals surface area contributed by atoms with E-state index in [9.17, 15) is 14.4 Å². The number of nitrogens with one attached hydrogen (secondary N) is 3. The van der Waals surface area contributed by atoms with Crippen molar-refractivity contribution >= 4 is 29.2 Å². The standard InChI is InChI=1S/C25H26N4O4/c1-17-7-8-18(23(30)26-20-5-3-2-4-6-20)15-22(17)28-25(32)27-21-9-12-29(13-10-21)24(31)19-11-14-33-16-19/h2-8,11,14-16,21H,9-10,12-13H2,1H3,(H,26,30)(H2,27,28,32). The zero-order valence-corrected chi connectivity index (χ0v) is 18.3. The summed E-state index contributed by atoms with van der Waals surface area (Å²) < 4.78 is 4.98. The van der Waals surface area contributed by atoms with Crippen molar-refractivity contribution in [2.24, 2.45) is 0 Å². The molecule has 1 aliphatic heterocycles. The number of rotatable bonds is 5. The first kappa shape index (κ1) is 22.1. The Labute approximate surface area is 192 Å². The van der Waals surface area contributed by atoms with Gasteiger partial charge in [0.15, 0.2) is 0 Å². The van der Waals surface area contributed by atoms with Crippen LogP contribution in [0.15, 0.2) is 71.5 Å². The lowest BCUT2D eigenvalue weighted by Gasteiger charge is -2.32. The second kappa shape index (κ2) is 10.0. The van der Waals surface area contributed by atoms with Gasteiger partial charge in [-0.1, -0.05) is 24.3 Å². The Morgan fingerprint density at radius 2 is 1.70 bits per heavy atom. The summed E-state index contributed by atoms with van der Waals surface area (Å²) in [7, 11) is 0. The van der Waals surface area contributed by atoms with Crippen LogP contribution < -0.4 is 16.0 Å². The summed E-state index contributed by atoms with van der Waals surface area (Å²) in [5.74, 6) is -0.313. The number of para-hydroxylation sites is 1. The Morgan fingerprint density at radius 3 is 2.39 bits per heavy atom. The van der Waals surface area contributed by atoms with E-state index in [1.54, 1.807) is 29.2 Å². The predicted octanol–water partition coefficient (Wildman–Crippen LogP) is 4.27. The third-order valence-corrected chi connectivity index (χ3v) is 5.67. The number of furan rings is 1. The molecule has 1 saturated heterocycles. The van der Waals surface area contributed by atoms with E-state index in [1.807, 2.05) is 37.3 Å². The summed E-state index contributed by atoms with van der Waals surface area (Å²) in [4.78, 5) is 39.3. The Morgan fingerprint density at radius 1 is 0.939 bits per heavy atom. The van der Waals surface area contributed by atoms with Crippen LogP contribution in [0.5, 0.6) is 0 Å². The fraction of sp³-hybridized carbons (Fsp3) is 0.240. The van der Waals surface area contributed by atoms with Crippen molar-refractivity contribution in [1.82, 2.24) is 10.2 Å². The normalized spacial score (nSPS) is 13.9. The monoisotopic (exact) mass is 446 g/mol. The molecule has 1 aromatic heterocycles. The molecular weight excluding hydrogens is 420 g/mol. The minimum absolute atomic E-state index is 0.0386. The van der Waals surface area contributed by atoms with Gasteiger partial charge < -0.3 is 25.3 Å². The molecular formula is C25H26N4O4. The maximum Gasteiger partial charge on any atom is 0.319 e. The van der Waals surface area contributed by atoms with Crippen LogP contribution in [0.2, 0.25) is 0 Å². The van der Waals surface area contributed by atoms with Gasteiger partial charge in [-0.3, -0.25) is 9.59 Å². The number of amides is 4. The average Bonchev–Trinajstić information content (AvgIpc) is 3.36. The molecule has 3 aromatic rings. The van der Waals surface area contributed by atoms with E-state index in [0.29, 0.717) is 48.4 Å². The summed E-state index contributed by atoms with van der Waals surface area (Å²) in [5, 5.41) is 8.66. The number of anilines is 2. The van der Waals surface area contributed by atoms with Gasteiger partial charge in [0.25, 0.3) is 11.8 Å². The molecule has 170 valence electrons. The zero-order chi connectivity index (χ0) is 23.2. The minimum Gasteiger partial charge on any atom is -0.472 e. The van der Waals surface area contributed by atoms with Crippen molar-refractivity contribution < 1.29 is 18.8 Å². The second-order valence-electron chi connectivity index (χ2n) is 8.03. The Balaban J connectivity index is 1.31. The Kier molecular flexibility index (Phi) is 6.73. The molecule has 4 amide bonds. The quantitative estimate of drug-likeness (QED) is 0.545. The summed E-state index contributed by atoms with van der Waals surface area (Å²) in [6.07, 6.45) is 4.25. The third-order valence-electron chi connectivity index (χ3n) is 5.67. The first-order valence-electron chi connectivity index (χ1n) is 10.9. The number of likely N-dealkylation sites (tertiary alicyclic amines) is 1. The molecule has 0 unspecified atom stereocenters. The molecule has 1 aliphatic rings. The van der Waals surface area contributed by atoms with Gasteiger partial charge in [-0.25, -0.2) is 4.79 Å². The van der Waals surface area contributed by atoms with E-state index in [1.165, 1.54) is 12.5 Å². The van der Waals surface area contributed by atoms with Gasteiger partial charge in [0, 0.05) is 36.1 Å². The summed E-state index contributed by atoms with van der Waals surface area (Å²) in [6.45, 7) is 2.99. The summed E-state index contributed by atoms with van der Waals surface area (Å²) >= 11 is 0. The van der Waals surface area contributed by atoms with Gasteiger partial charge in [0.1, 0.15) is 6.26 Å². The average molecular weight is 447 g/mol. The largest absolute Gasteiger partial charge is 0.472 e. The molecule has 0 saturated carbocycles. The van der Waals surface area contributed by atoms with Crippen LogP contribution in [-0.4, -0.2) is 41.9 Å². The van der Waals surface area contributed by atoms with Crippen molar-refractivity contribution in [1.29, 1.82) is 0 Å². The number of hydrogen-bond acceptors (Lipinski definition) is 4. The number of urea groups is 1. The highest BCUT2D eigenvalue weighted by Crippen LogP contribution is 2.19. The molecule has 0 radical (unpaired) electrons. The maximum absolute atomic E-state index is 12.6. The molecule has 0 aliphatic carbocycles. The Hall–Kier alpha value is -4.07. The van der Waals surface area contributed by atoms with Crippen molar-refractivity contribution in [3.8, 4) is 0 Å². The van der Waals surface area contributed by atoms with Gasteiger partial charge in [-0.05, 0) is 55.7 Å². The van der Waals surface area contributed by atoms with Crippen LogP contribution in [0.25, 0.3) is 0 Å². The van der Waals surface area contributed by atoms with Crippen molar-refractivity contribution in [3.63, 3.8) is 0 Å². The number of piperidine rings is 1. The minimum atomic E-state index is -0.335. The smallest absolute Gasteiger partial charge is 0.319 e. The molecule has 8 heteroatoms. The highest BCUT2D eigenvalue weighted by atomic mass is 16.3. The van der Waals surface area contributed by atoms with Crippen LogP contribution in [0.1, 0.15) is 39.1 Å². The molecule has 2 heterocycles. The fourth-order valence-electron chi connectivity index (χ4n) is 3.76. The van der Waals surface area contributed by atoms with Gasteiger partial charge in [0.05, 0.1) is 11.8 Å². The molecule has 0 bridgehead atoms. The van der Waals surface area contributed by atoms with Crippen LogP contribution in [0, 0.1) is 6.92 Å². The SMILES string of the molecule is Cc1ccc(C(=O)Nc2ccccc2)cc1NC(=O)NC1CCN(C(=O)c2ccoc2)CC1. The maximum atomic E-state index is 12.6. The molecule has 1 fully saturated rings. The van der Waals surface area contributed by atoms with Gasteiger partial charge in [0.2, 0.25) is 0 Å². The van der Waals surface area contributed by atoms with Crippen LogP contribution in [0.4, 0.5) is 16.2 Å². The third kappa shape index (κ3) is 5.60. The van der Waals surface area contributed by atoms with E-state index in [0.717, 1.165) is 5.56 Å². The number of carbonyl (C=O) groups is 3. The first-order valence-corrected chi connectivity index (χ1v) is 10.9. The van der Waals surface area contributed by atoms with Crippen LogP contribution >= 0.6 is 0 Å². The first-order chi connectivity index (χ1) is 16.0. The number of aryl methyl sites for hydroxylation is 1. The number of hydrogen-bond donors (Lipinski definition) is 3. The molecule has 0 spiro atoms. The predicted molar refractivity (Wildman–Crippen MR) is 125 cm³/mol. The van der Waals surface area contributed by atoms with E-state index >= 15 is 0 Å². The fourth-order valence-corrected chi connectivity index (χ4v) is 3.76.